The monoisotopic (exact) mass is 223 g/mol. The van der Waals surface area contributed by atoms with Crippen LogP contribution in [0, 0.1) is 12.8 Å². The third-order valence-corrected chi connectivity index (χ3v) is 2.51. The summed E-state index contributed by atoms with van der Waals surface area (Å²) in [4.78, 5) is 22.7. The van der Waals surface area contributed by atoms with Gasteiger partial charge in [0.2, 0.25) is 17.7 Å². The van der Waals surface area contributed by atoms with Gasteiger partial charge in [-0.3, -0.25) is 14.9 Å². The van der Waals surface area contributed by atoms with Crippen LogP contribution in [0.3, 0.4) is 0 Å². The van der Waals surface area contributed by atoms with Crippen LogP contribution in [0.25, 0.3) is 0 Å². The van der Waals surface area contributed by atoms with E-state index in [4.69, 9.17) is 4.52 Å². The first-order valence-corrected chi connectivity index (χ1v) is 5.16. The van der Waals surface area contributed by atoms with Crippen LogP contribution in [0.2, 0.25) is 0 Å². The summed E-state index contributed by atoms with van der Waals surface area (Å²) in [5, 5.41) is 8.95. The van der Waals surface area contributed by atoms with Crippen LogP contribution in [-0.4, -0.2) is 23.5 Å². The number of hydrogen-bond donors (Lipinski definition) is 2. The molecule has 2 heterocycles. The number of aryl methyl sites for hydroxylation is 1. The van der Waals surface area contributed by atoms with Crippen molar-refractivity contribution in [2.45, 2.75) is 19.8 Å². The highest BCUT2D eigenvalue weighted by molar-refractivity contribution is 5.92. The zero-order valence-corrected chi connectivity index (χ0v) is 8.95. The molecule has 1 unspecified atom stereocenters. The summed E-state index contributed by atoms with van der Waals surface area (Å²) in [7, 11) is 0. The fourth-order valence-corrected chi connectivity index (χ4v) is 1.60. The van der Waals surface area contributed by atoms with E-state index in [1.807, 2.05) is 0 Å². The highest BCUT2D eigenvalue weighted by Crippen LogP contribution is 2.15. The van der Waals surface area contributed by atoms with Crippen LogP contribution in [0.5, 0.6) is 0 Å². The molecule has 1 aliphatic heterocycles. The Hall–Kier alpha value is -1.85. The number of carbonyl (C=O) groups excluding carboxylic acids is 2. The molecule has 0 saturated carbocycles. The first-order valence-electron chi connectivity index (χ1n) is 5.16. The van der Waals surface area contributed by atoms with E-state index in [0.717, 1.165) is 0 Å². The fraction of sp³-hybridized carbons (Fsp3) is 0.500. The highest BCUT2D eigenvalue weighted by Gasteiger charge is 2.25. The molecule has 2 amide bonds. The van der Waals surface area contributed by atoms with Gasteiger partial charge < -0.3 is 9.84 Å². The number of anilines is 1. The lowest BCUT2D eigenvalue weighted by molar-refractivity contribution is -0.126. The smallest absolute Gasteiger partial charge is 0.231 e. The molecule has 1 aromatic heterocycles. The van der Waals surface area contributed by atoms with E-state index in [-0.39, 0.29) is 17.7 Å². The van der Waals surface area contributed by atoms with Crippen LogP contribution in [0.4, 0.5) is 5.88 Å². The van der Waals surface area contributed by atoms with Crippen LogP contribution in [0.1, 0.15) is 18.5 Å². The molecule has 0 bridgehead atoms. The van der Waals surface area contributed by atoms with Crippen LogP contribution in [-0.2, 0) is 9.59 Å². The summed E-state index contributed by atoms with van der Waals surface area (Å²) in [5.41, 5.74) is 0.715. The molecule has 1 atom stereocenters. The molecule has 2 rings (SSSR count). The van der Waals surface area contributed by atoms with Crippen molar-refractivity contribution in [2.24, 2.45) is 5.92 Å². The second kappa shape index (κ2) is 4.34. The molecule has 86 valence electrons. The Morgan fingerprint density at radius 3 is 3.06 bits per heavy atom. The molecule has 2 N–H and O–H groups in total. The van der Waals surface area contributed by atoms with Gasteiger partial charge in [-0.2, -0.15) is 0 Å². The van der Waals surface area contributed by atoms with Crippen LogP contribution >= 0.6 is 0 Å². The van der Waals surface area contributed by atoms with Crippen LogP contribution < -0.4 is 10.6 Å². The Labute approximate surface area is 92.4 Å². The molecule has 16 heavy (non-hydrogen) atoms. The summed E-state index contributed by atoms with van der Waals surface area (Å²) in [6.45, 7) is 2.16. The van der Waals surface area contributed by atoms with E-state index < -0.39 is 0 Å². The molecule has 1 saturated heterocycles. The standard InChI is InChI=1S/C10H13N3O3/c1-6-4-9(16-13-6)12-10(15)7-2-3-8(14)11-5-7/h4,7H,2-3,5H2,1H3,(H,11,14)(H,12,15). The molecule has 1 aliphatic rings. The number of amides is 2. The summed E-state index contributed by atoms with van der Waals surface area (Å²) < 4.78 is 4.88. The van der Waals surface area contributed by atoms with Crippen molar-refractivity contribution in [3.8, 4) is 0 Å². The second-order valence-electron chi connectivity index (χ2n) is 3.86. The minimum Gasteiger partial charge on any atom is -0.355 e. The third kappa shape index (κ3) is 2.39. The fourth-order valence-electron chi connectivity index (χ4n) is 1.60. The molecule has 6 nitrogen and oxygen atoms in total. The number of carbonyl (C=O) groups is 2. The molecular weight excluding hydrogens is 210 g/mol. The van der Waals surface area contributed by atoms with E-state index in [1.165, 1.54) is 0 Å². The zero-order valence-electron chi connectivity index (χ0n) is 8.95. The van der Waals surface area contributed by atoms with Gasteiger partial charge >= 0.3 is 0 Å². The SMILES string of the molecule is Cc1cc(NC(=O)C2CCC(=O)NC2)on1. The van der Waals surface area contributed by atoms with Gasteiger partial charge in [0.1, 0.15) is 0 Å². The number of aromatic nitrogens is 1. The molecule has 1 aromatic rings. The van der Waals surface area contributed by atoms with Gasteiger partial charge in [-0.1, -0.05) is 5.16 Å². The van der Waals surface area contributed by atoms with Crippen molar-refractivity contribution in [3.63, 3.8) is 0 Å². The normalized spacial score (nSPS) is 20.3. The maximum Gasteiger partial charge on any atom is 0.231 e. The molecule has 0 aliphatic carbocycles. The van der Waals surface area contributed by atoms with Crippen LogP contribution in [0.15, 0.2) is 10.6 Å². The van der Waals surface area contributed by atoms with E-state index in [2.05, 4.69) is 15.8 Å². The minimum absolute atomic E-state index is 0.000408. The molecule has 0 radical (unpaired) electrons. The summed E-state index contributed by atoms with van der Waals surface area (Å²) in [6.07, 6.45) is 0.971. The molecule has 0 spiro atoms. The quantitative estimate of drug-likeness (QED) is 0.762. The second-order valence-corrected chi connectivity index (χ2v) is 3.86. The molecular formula is C10H13N3O3. The Balaban J connectivity index is 1.91. The Kier molecular flexibility index (Phi) is 2.89. The largest absolute Gasteiger partial charge is 0.355 e. The Morgan fingerprint density at radius 1 is 1.69 bits per heavy atom. The summed E-state index contributed by atoms with van der Waals surface area (Å²) >= 11 is 0. The predicted molar refractivity (Wildman–Crippen MR) is 55.6 cm³/mol. The minimum atomic E-state index is -0.192. The zero-order chi connectivity index (χ0) is 11.5. The summed E-state index contributed by atoms with van der Waals surface area (Å²) in [6, 6.07) is 1.65. The van der Waals surface area contributed by atoms with Crippen molar-refractivity contribution >= 4 is 17.7 Å². The number of rotatable bonds is 2. The van der Waals surface area contributed by atoms with Gasteiger partial charge in [-0.15, -0.1) is 0 Å². The number of hydrogen-bond acceptors (Lipinski definition) is 4. The first-order chi connectivity index (χ1) is 7.65. The number of nitrogens with zero attached hydrogens (tertiary/aromatic N) is 1. The number of piperidine rings is 1. The van der Waals surface area contributed by atoms with Gasteiger partial charge in [0.05, 0.1) is 11.6 Å². The topological polar surface area (TPSA) is 84.2 Å². The van der Waals surface area contributed by atoms with Gasteiger partial charge in [-0.25, -0.2) is 0 Å². The lowest BCUT2D eigenvalue weighted by atomic mass is 9.98. The maximum atomic E-state index is 11.7. The summed E-state index contributed by atoms with van der Waals surface area (Å²) in [5.74, 6) is 0.0122. The maximum absolute atomic E-state index is 11.7. The predicted octanol–water partition coefficient (Wildman–Crippen LogP) is 0.448. The van der Waals surface area contributed by atoms with Gasteiger partial charge in [0.15, 0.2) is 0 Å². The van der Waals surface area contributed by atoms with Gasteiger partial charge in [0, 0.05) is 19.0 Å². The molecule has 1 fully saturated rings. The lowest BCUT2D eigenvalue weighted by Gasteiger charge is -2.20. The van der Waals surface area contributed by atoms with Crippen molar-refractivity contribution in [1.29, 1.82) is 0 Å². The van der Waals surface area contributed by atoms with Crippen molar-refractivity contribution in [3.05, 3.63) is 11.8 Å². The van der Waals surface area contributed by atoms with E-state index in [9.17, 15) is 9.59 Å². The Bertz CT molecular complexity index is 403. The van der Waals surface area contributed by atoms with E-state index in [0.29, 0.717) is 31.0 Å². The first kappa shape index (κ1) is 10.7. The van der Waals surface area contributed by atoms with Gasteiger partial charge in [0.25, 0.3) is 0 Å². The van der Waals surface area contributed by atoms with Crippen molar-refractivity contribution < 1.29 is 14.1 Å². The average molecular weight is 223 g/mol. The van der Waals surface area contributed by atoms with E-state index in [1.54, 1.807) is 13.0 Å². The lowest BCUT2D eigenvalue weighted by Crippen LogP contribution is -2.40. The average Bonchev–Trinajstić information content (AvgIpc) is 2.65. The number of nitrogens with one attached hydrogen (secondary N) is 2. The van der Waals surface area contributed by atoms with Gasteiger partial charge in [-0.05, 0) is 13.3 Å². The van der Waals surface area contributed by atoms with Crippen molar-refractivity contribution in [2.75, 3.05) is 11.9 Å². The molecule has 6 heteroatoms. The molecule has 0 aromatic carbocycles. The van der Waals surface area contributed by atoms with E-state index >= 15 is 0 Å². The highest BCUT2D eigenvalue weighted by atomic mass is 16.5. The Morgan fingerprint density at radius 2 is 2.50 bits per heavy atom. The van der Waals surface area contributed by atoms with Crippen molar-refractivity contribution in [1.82, 2.24) is 10.5 Å². The third-order valence-electron chi connectivity index (χ3n) is 2.51.